The van der Waals surface area contributed by atoms with Gasteiger partial charge in [0.15, 0.2) is 0 Å². The summed E-state index contributed by atoms with van der Waals surface area (Å²) in [6.07, 6.45) is 54.5. The molecule has 0 aromatic rings. The van der Waals surface area contributed by atoms with Crippen molar-refractivity contribution in [3.63, 3.8) is 0 Å². The minimum absolute atomic E-state index is 0.0345. The summed E-state index contributed by atoms with van der Waals surface area (Å²) in [5, 5.41) is 0. The molecule has 0 unspecified atom stereocenters. The van der Waals surface area contributed by atoms with Crippen molar-refractivity contribution >= 4 is 11.9 Å². The Morgan fingerprint density at radius 2 is 0.700 bits per heavy atom. The van der Waals surface area contributed by atoms with Gasteiger partial charge in [-0.15, -0.1) is 0 Å². The second-order valence-corrected chi connectivity index (χ2v) is 18.9. The molecule has 0 aliphatic carbocycles. The van der Waals surface area contributed by atoms with E-state index in [0.717, 1.165) is 31.6 Å². The fraction of sp³-hybridized carbons (Fsp3) is 0.891. The highest BCUT2D eigenvalue weighted by atomic mass is 16.5. The van der Waals surface area contributed by atoms with Crippen molar-refractivity contribution in [2.75, 3.05) is 33.9 Å². The summed E-state index contributed by atoms with van der Waals surface area (Å²) < 4.78 is 11.2. The van der Waals surface area contributed by atoms with E-state index in [0.29, 0.717) is 37.9 Å². The third-order valence-corrected chi connectivity index (χ3v) is 12.7. The van der Waals surface area contributed by atoms with Crippen molar-refractivity contribution in [2.24, 2.45) is 17.8 Å². The molecule has 354 valence electrons. The van der Waals surface area contributed by atoms with Crippen LogP contribution in [-0.2, 0) is 19.1 Å². The van der Waals surface area contributed by atoms with Crippen LogP contribution in [0, 0.1) is 17.8 Å². The van der Waals surface area contributed by atoms with Crippen LogP contribution in [0.15, 0.2) is 24.3 Å². The summed E-state index contributed by atoms with van der Waals surface area (Å²) in [5.41, 5.74) is 0. The Kier molecular flexibility index (Phi) is 45.6. The van der Waals surface area contributed by atoms with Crippen LogP contribution in [0.4, 0.5) is 0 Å². The van der Waals surface area contributed by atoms with Gasteiger partial charge in [0.1, 0.15) is 13.2 Å². The van der Waals surface area contributed by atoms with Crippen molar-refractivity contribution in [1.29, 1.82) is 0 Å². The normalized spacial score (nSPS) is 12.1. The highest BCUT2D eigenvalue weighted by Crippen LogP contribution is 2.25. The molecule has 0 rings (SSSR count). The monoisotopic (exact) mass is 844 g/mol. The lowest BCUT2D eigenvalue weighted by molar-refractivity contribution is -0.143. The van der Waals surface area contributed by atoms with Gasteiger partial charge in [0.05, 0.1) is 0 Å². The van der Waals surface area contributed by atoms with Crippen LogP contribution in [0.5, 0.6) is 0 Å². The molecule has 5 heteroatoms. The van der Waals surface area contributed by atoms with E-state index in [1.165, 1.54) is 206 Å². The average Bonchev–Trinajstić information content (AvgIpc) is 3.24. The molecule has 0 aliphatic rings. The van der Waals surface area contributed by atoms with E-state index in [2.05, 4.69) is 71.0 Å². The summed E-state index contributed by atoms with van der Waals surface area (Å²) in [5.74, 6) is 2.03. The van der Waals surface area contributed by atoms with Gasteiger partial charge in [-0.1, -0.05) is 232 Å². The molecular weight excluding hydrogens is 739 g/mol. The molecule has 0 aromatic carbocycles. The number of carbonyl (C=O) groups excluding carboxylic acids is 2. The maximum absolute atomic E-state index is 12.4. The van der Waals surface area contributed by atoms with Gasteiger partial charge in [0, 0.05) is 12.8 Å². The van der Waals surface area contributed by atoms with Gasteiger partial charge in [-0.25, -0.2) is 0 Å². The molecule has 0 radical (unpaired) electrons. The molecular formula is C55H105NO4. The zero-order chi connectivity index (χ0) is 44.0. The van der Waals surface area contributed by atoms with Gasteiger partial charge in [-0.2, -0.15) is 0 Å². The SMILES string of the molecule is CCCCCCC(/C=C\COC(=O)CCCCCCCC(CCCCCCCC(=O)OC/C=C\C(CCCCCC)CCCCCC)CCCCN(C)C)CCCCCC. The zero-order valence-corrected chi connectivity index (χ0v) is 41.4. The summed E-state index contributed by atoms with van der Waals surface area (Å²) >= 11 is 0. The molecule has 0 fully saturated rings. The second-order valence-electron chi connectivity index (χ2n) is 18.9. The smallest absolute Gasteiger partial charge is 0.306 e. The van der Waals surface area contributed by atoms with Crippen LogP contribution in [0.3, 0.4) is 0 Å². The molecule has 5 nitrogen and oxygen atoms in total. The number of hydrogen-bond acceptors (Lipinski definition) is 5. The first-order valence-corrected chi connectivity index (χ1v) is 26.6. The van der Waals surface area contributed by atoms with Crippen molar-refractivity contribution in [3.8, 4) is 0 Å². The van der Waals surface area contributed by atoms with Crippen LogP contribution in [-0.4, -0.2) is 50.7 Å². The maximum atomic E-state index is 12.4. The van der Waals surface area contributed by atoms with Gasteiger partial charge < -0.3 is 14.4 Å². The lowest BCUT2D eigenvalue weighted by Crippen LogP contribution is -2.13. The van der Waals surface area contributed by atoms with Gasteiger partial charge in [0.25, 0.3) is 0 Å². The second kappa shape index (κ2) is 46.9. The fourth-order valence-corrected chi connectivity index (χ4v) is 8.69. The molecule has 0 atom stereocenters. The first-order chi connectivity index (χ1) is 29.4. The number of unbranched alkanes of at least 4 members (excludes halogenated alkanes) is 21. The largest absolute Gasteiger partial charge is 0.461 e. The van der Waals surface area contributed by atoms with E-state index in [9.17, 15) is 9.59 Å². The summed E-state index contributed by atoms with van der Waals surface area (Å²) in [6, 6.07) is 0. The molecule has 0 N–H and O–H groups in total. The molecule has 0 saturated carbocycles. The molecule has 0 aliphatic heterocycles. The first kappa shape index (κ1) is 58.4. The molecule has 0 heterocycles. The number of allylic oxidation sites excluding steroid dienone is 2. The van der Waals surface area contributed by atoms with E-state index in [-0.39, 0.29) is 11.9 Å². The van der Waals surface area contributed by atoms with Crippen molar-refractivity contribution in [3.05, 3.63) is 24.3 Å². The lowest BCUT2D eigenvalue weighted by atomic mass is 9.90. The Morgan fingerprint density at radius 3 is 1.05 bits per heavy atom. The number of esters is 2. The number of nitrogens with zero attached hydrogens (tertiary/aromatic N) is 1. The minimum Gasteiger partial charge on any atom is -0.461 e. The van der Waals surface area contributed by atoms with Crippen LogP contribution >= 0.6 is 0 Å². The number of rotatable bonds is 47. The number of ether oxygens (including phenoxy) is 2. The highest BCUT2D eigenvalue weighted by molar-refractivity contribution is 5.69. The van der Waals surface area contributed by atoms with Gasteiger partial charge in [-0.3, -0.25) is 9.59 Å². The third-order valence-electron chi connectivity index (χ3n) is 12.7. The molecule has 0 spiro atoms. The van der Waals surface area contributed by atoms with E-state index >= 15 is 0 Å². The van der Waals surface area contributed by atoms with E-state index < -0.39 is 0 Å². The van der Waals surface area contributed by atoms with Gasteiger partial charge >= 0.3 is 11.9 Å². The molecule has 0 amide bonds. The first-order valence-electron chi connectivity index (χ1n) is 26.6. The summed E-state index contributed by atoms with van der Waals surface area (Å²) in [6.45, 7) is 11.1. The standard InChI is InChI=1S/C55H105NO4/c1-7-11-15-25-37-52(38-26-16-12-8-2)44-35-49-59-54(57)46-31-23-19-21-29-41-51(43-33-34-48-56(5)6)42-30-22-20-24-32-47-55(58)60-50-36-45-53(39-27-17-13-9-3)40-28-18-14-10-4/h35-36,44-45,51-53H,7-34,37-43,46-50H2,1-6H3/b44-35-,45-36-. The fourth-order valence-electron chi connectivity index (χ4n) is 8.69. The van der Waals surface area contributed by atoms with E-state index in [1.54, 1.807) is 0 Å². The Labute approximate surface area is 375 Å². The quantitative estimate of drug-likeness (QED) is 0.0347. The van der Waals surface area contributed by atoms with Crippen molar-refractivity contribution in [1.82, 2.24) is 4.90 Å². The average molecular weight is 844 g/mol. The summed E-state index contributed by atoms with van der Waals surface area (Å²) in [4.78, 5) is 27.1. The van der Waals surface area contributed by atoms with Gasteiger partial charge in [0.2, 0.25) is 0 Å². The van der Waals surface area contributed by atoms with Crippen LogP contribution in [0.2, 0.25) is 0 Å². The number of carbonyl (C=O) groups is 2. The van der Waals surface area contributed by atoms with E-state index in [4.69, 9.17) is 9.47 Å². The third kappa shape index (κ3) is 43.0. The molecule has 0 saturated heterocycles. The minimum atomic E-state index is -0.0345. The van der Waals surface area contributed by atoms with Crippen molar-refractivity contribution in [2.45, 2.75) is 265 Å². The highest BCUT2D eigenvalue weighted by Gasteiger charge is 2.11. The molecule has 0 bridgehead atoms. The van der Waals surface area contributed by atoms with Crippen LogP contribution < -0.4 is 0 Å². The van der Waals surface area contributed by atoms with E-state index in [1.807, 2.05) is 0 Å². The lowest BCUT2D eigenvalue weighted by Gasteiger charge is -2.18. The Morgan fingerprint density at radius 1 is 0.400 bits per heavy atom. The molecule has 0 aromatic heterocycles. The summed E-state index contributed by atoms with van der Waals surface area (Å²) in [7, 11) is 4.35. The topological polar surface area (TPSA) is 55.8 Å². The zero-order valence-electron chi connectivity index (χ0n) is 41.4. The van der Waals surface area contributed by atoms with Gasteiger partial charge in [-0.05, 0) is 83.3 Å². The van der Waals surface area contributed by atoms with Crippen LogP contribution in [0.25, 0.3) is 0 Å². The van der Waals surface area contributed by atoms with Crippen molar-refractivity contribution < 1.29 is 19.1 Å². The number of hydrogen-bond donors (Lipinski definition) is 0. The Bertz CT molecular complexity index is 868. The Hall–Kier alpha value is -1.62. The maximum Gasteiger partial charge on any atom is 0.306 e. The van der Waals surface area contributed by atoms with Crippen LogP contribution in [0.1, 0.15) is 265 Å². The Balaban J connectivity index is 4.29. The predicted molar refractivity (Wildman–Crippen MR) is 263 cm³/mol. The predicted octanol–water partition coefficient (Wildman–Crippen LogP) is 17.1. The molecule has 60 heavy (non-hydrogen) atoms.